The molecule has 0 amide bonds. The summed E-state index contributed by atoms with van der Waals surface area (Å²) in [5.74, 6) is -0.314. The molecule has 1 rings (SSSR count). The summed E-state index contributed by atoms with van der Waals surface area (Å²) in [6.45, 7) is 1.89. The first-order chi connectivity index (χ1) is 9.51. The summed E-state index contributed by atoms with van der Waals surface area (Å²) in [4.78, 5) is 23.0. The molecule has 0 saturated carbocycles. The number of hydrogen-bond acceptors (Lipinski definition) is 5. The molecule has 0 atom stereocenters. The van der Waals surface area contributed by atoms with Crippen molar-refractivity contribution in [2.75, 3.05) is 21.3 Å². The quantitative estimate of drug-likeness (QED) is 0.610. The van der Waals surface area contributed by atoms with Crippen molar-refractivity contribution >= 4 is 18.0 Å². The fourth-order valence-electron chi connectivity index (χ4n) is 1.67. The second-order valence-electron chi connectivity index (χ2n) is 4.14. The van der Waals surface area contributed by atoms with E-state index >= 15 is 0 Å². The van der Waals surface area contributed by atoms with Gasteiger partial charge in [0.1, 0.15) is 5.75 Å². The lowest BCUT2D eigenvalue weighted by molar-refractivity contribution is -0.143. The molecule has 0 spiro atoms. The van der Waals surface area contributed by atoms with Crippen molar-refractivity contribution in [1.82, 2.24) is 0 Å². The van der Waals surface area contributed by atoms with E-state index in [1.165, 1.54) is 14.2 Å². The number of hydrogen-bond donors (Lipinski definition) is 0. The normalized spacial score (nSPS) is 10.9. The smallest absolute Gasteiger partial charge is 0.334 e. The van der Waals surface area contributed by atoms with Crippen LogP contribution in [0.1, 0.15) is 17.5 Å². The minimum Gasteiger partial charge on any atom is -0.497 e. The number of ether oxygens (including phenoxy) is 3. The van der Waals surface area contributed by atoms with E-state index in [0.29, 0.717) is 0 Å². The predicted octanol–water partition coefficient (Wildman–Crippen LogP) is 2.12. The first kappa shape index (κ1) is 15.8. The Bertz CT molecular complexity index is 531. The first-order valence-corrected chi connectivity index (χ1v) is 6.02. The third kappa shape index (κ3) is 4.12. The molecule has 0 saturated heterocycles. The molecule has 20 heavy (non-hydrogen) atoms. The fraction of sp³-hybridized carbons (Fsp3) is 0.333. The Morgan fingerprint density at radius 1 is 1.15 bits per heavy atom. The van der Waals surface area contributed by atoms with Gasteiger partial charge in [0.05, 0.1) is 27.8 Å². The zero-order valence-electron chi connectivity index (χ0n) is 12.1. The minimum atomic E-state index is -0.550. The second kappa shape index (κ2) is 7.33. The highest BCUT2D eigenvalue weighted by molar-refractivity contribution is 5.98. The Hall–Kier alpha value is -2.30. The maximum atomic E-state index is 11.7. The van der Waals surface area contributed by atoms with Crippen LogP contribution in [0.3, 0.4) is 0 Å². The highest BCUT2D eigenvalue weighted by atomic mass is 16.5. The number of carbonyl (C=O) groups is 2. The van der Waals surface area contributed by atoms with Crippen LogP contribution in [0.25, 0.3) is 6.08 Å². The molecule has 0 bridgehead atoms. The number of aryl methyl sites for hydroxylation is 1. The van der Waals surface area contributed by atoms with Gasteiger partial charge in [0.2, 0.25) is 0 Å². The fourth-order valence-corrected chi connectivity index (χ4v) is 1.67. The van der Waals surface area contributed by atoms with Crippen LogP contribution < -0.4 is 4.74 Å². The summed E-state index contributed by atoms with van der Waals surface area (Å²) in [7, 11) is 4.13. The van der Waals surface area contributed by atoms with Crippen molar-refractivity contribution < 1.29 is 23.8 Å². The Labute approximate surface area is 118 Å². The number of benzene rings is 1. The van der Waals surface area contributed by atoms with Gasteiger partial charge in [-0.2, -0.15) is 0 Å². The Morgan fingerprint density at radius 3 is 2.35 bits per heavy atom. The molecule has 0 aliphatic heterocycles. The van der Waals surface area contributed by atoms with Crippen molar-refractivity contribution in [3.05, 3.63) is 34.9 Å². The highest BCUT2D eigenvalue weighted by Crippen LogP contribution is 2.20. The van der Waals surface area contributed by atoms with Crippen molar-refractivity contribution in [1.29, 1.82) is 0 Å². The van der Waals surface area contributed by atoms with Gasteiger partial charge in [0, 0.05) is 5.57 Å². The molecule has 0 radical (unpaired) electrons. The van der Waals surface area contributed by atoms with Gasteiger partial charge in [-0.15, -0.1) is 0 Å². The molecule has 108 valence electrons. The first-order valence-electron chi connectivity index (χ1n) is 6.02. The van der Waals surface area contributed by atoms with Crippen molar-refractivity contribution in [2.24, 2.45) is 0 Å². The van der Waals surface area contributed by atoms with Gasteiger partial charge in [0.25, 0.3) is 0 Å². The molecular formula is C15H18O5. The number of methoxy groups -OCH3 is 3. The number of esters is 2. The monoisotopic (exact) mass is 278 g/mol. The van der Waals surface area contributed by atoms with Gasteiger partial charge < -0.3 is 14.2 Å². The molecule has 0 fully saturated rings. The Kier molecular flexibility index (Phi) is 5.77. The molecule has 0 aromatic heterocycles. The van der Waals surface area contributed by atoms with Gasteiger partial charge in [-0.3, -0.25) is 4.79 Å². The van der Waals surface area contributed by atoms with Crippen LogP contribution >= 0.6 is 0 Å². The van der Waals surface area contributed by atoms with Crippen LogP contribution in [-0.2, 0) is 19.1 Å². The van der Waals surface area contributed by atoms with Gasteiger partial charge in [-0.05, 0) is 36.3 Å². The second-order valence-corrected chi connectivity index (χ2v) is 4.14. The van der Waals surface area contributed by atoms with E-state index in [0.717, 1.165) is 16.9 Å². The van der Waals surface area contributed by atoms with Crippen LogP contribution in [0, 0.1) is 6.92 Å². The van der Waals surface area contributed by atoms with E-state index in [4.69, 9.17) is 4.74 Å². The SMILES string of the molecule is COC(=O)C/C(=C\c1ccc(OC)cc1C)C(=O)OC. The molecule has 0 unspecified atom stereocenters. The highest BCUT2D eigenvalue weighted by Gasteiger charge is 2.15. The van der Waals surface area contributed by atoms with E-state index in [1.807, 2.05) is 19.1 Å². The summed E-state index contributed by atoms with van der Waals surface area (Å²) in [6.07, 6.45) is 1.49. The van der Waals surface area contributed by atoms with Crippen LogP contribution in [0.4, 0.5) is 0 Å². The lowest BCUT2D eigenvalue weighted by atomic mass is 10.0. The standard InChI is InChI=1S/C15H18O5/c1-10-7-13(18-2)6-5-11(10)8-12(15(17)20-4)9-14(16)19-3/h5-8H,9H2,1-4H3/b12-8+. The van der Waals surface area contributed by atoms with Crippen molar-refractivity contribution in [3.63, 3.8) is 0 Å². The topological polar surface area (TPSA) is 61.8 Å². The van der Waals surface area contributed by atoms with E-state index in [9.17, 15) is 9.59 Å². The maximum absolute atomic E-state index is 11.7. The molecule has 1 aromatic rings. The van der Waals surface area contributed by atoms with Crippen molar-refractivity contribution in [3.8, 4) is 5.75 Å². The third-order valence-electron chi connectivity index (χ3n) is 2.82. The summed E-state index contributed by atoms with van der Waals surface area (Å²) in [5, 5.41) is 0. The molecule has 0 N–H and O–H groups in total. The van der Waals surface area contributed by atoms with E-state index in [1.54, 1.807) is 19.3 Å². The Balaban J connectivity index is 3.12. The van der Waals surface area contributed by atoms with E-state index < -0.39 is 11.9 Å². The summed E-state index contributed by atoms with van der Waals surface area (Å²) in [5.41, 5.74) is 1.98. The minimum absolute atomic E-state index is 0.130. The molecule has 1 aromatic carbocycles. The molecule has 0 aliphatic rings. The van der Waals surface area contributed by atoms with Crippen LogP contribution in [0.5, 0.6) is 5.75 Å². The average Bonchev–Trinajstić information content (AvgIpc) is 2.47. The largest absolute Gasteiger partial charge is 0.497 e. The lowest BCUT2D eigenvalue weighted by Crippen LogP contribution is -2.11. The zero-order valence-corrected chi connectivity index (χ0v) is 12.1. The average molecular weight is 278 g/mol. The number of rotatable bonds is 5. The molecular weight excluding hydrogens is 260 g/mol. The summed E-state index contributed by atoms with van der Waals surface area (Å²) >= 11 is 0. The lowest BCUT2D eigenvalue weighted by Gasteiger charge is -2.08. The van der Waals surface area contributed by atoms with Gasteiger partial charge >= 0.3 is 11.9 Å². The summed E-state index contributed by atoms with van der Waals surface area (Å²) < 4.78 is 14.4. The van der Waals surface area contributed by atoms with E-state index in [-0.39, 0.29) is 12.0 Å². The Morgan fingerprint density at radius 2 is 1.85 bits per heavy atom. The molecule has 5 nitrogen and oxygen atoms in total. The predicted molar refractivity (Wildman–Crippen MR) is 74.4 cm³/mol. The van der Waals surface area contributed by atoms with Gasteiger partial charge in [-0.25, -0.2) is 4.79 Å². The molecule has 0 heterocycles. The third-order valence-corrected chi connectivity index (χ3v) is 2.82. The maximum Gasteiger partial charge on any atom is 0.334 e. The molecule has 0 aliphatic carbocycles. The van der Waals surface area contributed by atoms with Gasteiger partial charge in [0.15, 0.2) is 0 Å². The van der Waals surface area contributed by atoms with E-state index in [2.05, 4.69) is 9.47 Å². The van der Waals surface area contributed by atoms with Crippen LogP contribution in [0.2, 0.25) is 0 Å². The summed E-state index contributed by atoms with van der Waals surface area (Å²) in [6, 6.07) is 5.44. The van der Waals surface area contributed by atoms with Gasteiger partial charge in [-0.1, -0.05) is 6.07 Å². The number of carbonyl (C=O) groups excluding carboxylic acids is 2. The zero-order chi connectivity index (χ0) is 15.1. The van der Waals surface area contributed by atoms with Crippen LogP contribution in [-0.4, -0.2) is 33.3 Å². The molecule has 5 heteroatoms. The van der Waals surface area contributed by atoms with Crippen LogP contribution in [0.15, 0.2) is 23.8 Å². The van der Waals surface area contributed by atoms with Crippen molar-refractivity contribution in [2.45, 2.75) is 13.3 Å².